The van der Waals surface area contributed by atoms with Crippen LogP contribution in [0, 0.1) is 12.8 Å². The Morgan fingerprint density at radius 1 is 1.01 bits per heavy atom. The molecule has 19 nitrogen and oxygen atoms in total. The normalized spacial score (nSPS) is 20.3. The number of H-pyrrole nitrogens is 1. The molecule has 2 amide bonds. The zero-order valence-electron chi connectivity index (χ0n) is 47.2. The van der Waals surface area contributed by atoms with E-state index in [1.165, 1.54) is 12.2 Å². The van der Waals surface area contributed by atoms with Gasteiger partial charge in [-0.15, -0.1) is 5.10 Å². The van der Waals surface area contributed by atoms with Crippen molar-refractivity contribution in [1.82, 2.24) is 60.7 Å². The van der Waals surface area contributed by atoms with E-state index in [1.807, 2.05) is 66.6 Å². The molecule has 2 bridgehead atoms. The van der Waals surface area contributed by atoms with Crippen molar-refractivity contribution >= 4 is 41.2 Å². The highest BCUT2D eigenvalue weighted by molar-refractivity contribution is 5.98. The van der Waals surface area contributed by atoms with E-state index in [0.29, 0.717) is 65.9 Å². The standard InChI is InChI=1S/C48H57FN10O4.C14H15N3O2/c1-5-34(49)20-41-33(23-51-54-41)19-39-38(31-12-13-31)22-40-43(52-48(63-37-14-17-61-18-15-37)53-46(40)58-25-35-21-36(58)24-50-35)45(39)62-27-30-8-10-32(11-9-30)42-26-59(56-55-42)44(28(2)3)47(60)57-16-6-7-29(57)4;1-10-14(16-7-6-15-10)12-4-2-11(3-5-12)13(8-18)17-9-19/h5,8-11,19-20,22-23,26,28-29,31,35-37,44,50,54H,6-7,12-18,21,24-25,27H2,1-4H3;2-7,9,13,18H,8H2,1H3,(H,17,19)/b33-19+,34-5-,41-20+;. The molecule has 428 valence electrons. The molecule has 4 N–H and O–H groups in total. The second-order valence-electron chi connectivity index (χ2n) is 22.4. The fraction of sp³-hybridized carbons (Fsp3) is 0.435. The summed E-state index contributed by atoms with van der Waals surface area (Å²) in [5, 5.41) is 33.9. The van der Waals surface area contributed by atoms with E-state index >= 15 is 0 Å². The fourth-order valence-corrected chi connectivity index (χ4v) is 11.7. The van der Waals surface area contributed by atoms with Gasteiger partial charge in [-0.1, -0.05) is 73.7 Å². The first-order chi connectivity index (χ1) is 40.0. The van der Waals surface area contributed by atoms with Crippen LogP contribution in [0.3, 0.4) is 0 Å². The Morgan fingerprint density at radius 2 is 1.79 bits per heavy atom. The minimum atomic E-state index is -0.422. The van der Waals surface area contributed by atoms with Crippen molar-refractivity contribution in [2.75, 3.05) is 44.4 Å². The van der Waals surface area contributed by atoms with Crippen LogP contribution >= 0.6 is 0 Å². The summed E-state index contributed by atoms with van der Waals surface area (Å²) in [5.74, 6) is 1.62. The lowest BCUT2D eigenvalue weighted by molar-refractivity contribution is -0.137. The highest BCUT2D eigenvalue weighted by atomic mass is 19.1. The van der Waals surface area contributed by atoms with Crippen LogP contribution in [0.25, 0.3) is 45.6 Å². The number of piperazine rings is 1. The molecule has 4 saturated heterocycles. The number of benzene rings is 3. The number of carbonyl (C=O) groups is 2. The van der Waals surface area contributed by atoms with Gasteiger partial charge < -0.3 is 39.8 Å². The van der Waals surface area contributed by atoms with E-state index in [0.717, 1.165) is 126 Å². The van der Waals surface area contributed by atoms with Crippen LogP contribution in [0.1, 0.15) is 119 Å². The highest BCUT2D eigenvalue weighted by Crippen LogP contribution is 2.49. The van der Waals surface area contributed by atoms with Crippen LogP contribution in [0.15, 0.2) is 91.3 Å². The van der Waals surface area contributed by atoms with Crippen LogP contribution in [-0.4, -0.2) is 131 Å². The second-order valence-corrected chi connectivity index (χ2v) is 22.4. The lowest BCUT2D eigenvalue weighted by atomic mass is 9.97. The number of aromatic amines is 1. The van der Waals surface area contributed by atoms with Crippen molar-refractivity contribution in [3.05, 3.63) is 130 Å². The molecular weight excluding hydrogens is 1040 g/mol. The van der Waals surface area contributed by atoms with Crippen molar-refractivity contribution < 1.29 is 33.3 Å². The molecule has 0 spiro atoms. The van der Waals surface area contributed by atoms with Gasteiger partial charge in [0.15, 0.2) is 5.75 Å². The third kappa shape index (κ3) is 12.3. The number of aliphatic hydroxyl groups is 1. The van der Waals surface area contributed by atoms with E-state index in [9.17, 15) is 19.1 Å². The third-order valence-electron chi connectivity index (χ3n) is 16.4. The third-order valence-corrected chi connectivity index (χ3v) is 16.4. The summed E-state index contributed by atoms with van der Waals surface area (Å²) in [7, 11) is 0. The lowest BCUT2D eigenvalue weighted by Crippen LogP contribution is -2.44. The molecule has 1 aliphatic carbocycles. The molecule has 5 aliphatic rings. The maximum absolute atomic E-state index is 14.7. The van der Waals surface area contributed by atoms with Gasteiger partial charge in [0, 0.05) is 90.3 Å². The SMILES string of the molecule is C/C=C(F)/C=c1/[nH]nc/c1=C\c1c(C2CC2)cc2c(N3CC4CC3CN4)nc(OC3CCOCC3)nc2c1OCc1ccc(-c2cn(C(C(=O)N3CCCC3C)C(C)C)nn2)cc1.Cc1nccnc1-c1ccc(C(CO)NC=O)cc1. The second kappa shape index (κ2) is 25.1. The largest absolute Gasteiger partial charge is 0.486 e. The van der Waals surface area contributed by atoms with Crippen LogP contribution in [0.2, 0.25) is 0 Å². The first kappa shape index (κ1) is 55.9. The van der Waals surface area contributed by atoms with Crippen LogP contribution in [0.4, 0.5) is 10.2 Å². The Kier molecular flexibility index (Phi) is 17.1. The van der Waals surface area contributed by atoms with Gasteiger partial charge in [0.25, 0.3) is 0 Å². The Bertz CT molecular complexity index is 3540. The topological polar surface area (TPSA) is 224 Å². The number of anilines is 1. The monoisotopic (exact) mass is 1110 g/mol. The molecule has 4 aromatic heterocycles. The number of hydrogen-bond donors (Lipinski definition) is 4. The summed E-state index contributed by atoms with van der Waals surface area (Å²) in [6.45, 7) is 13.7. The van der Waals surface area contributed by atoms with Crippen LogP contribution in [0.5, 0.6) is 11.8 Å². The average molecular weight is 1110 g/mol. The summed E-state index contributed by atoms with van der Waals surface area (Å²) < 4.78 is 35.7. The zero-order chi connectivity index (χ0) is 56.9. The molecule has 7 aromatic rings. The Hall–Kier alpha value is -7.94. The van der Waals surface area contributed by atoms with Crippen molar-refractivity contribution in [1.29, 1.82) is 0 Å². The number of aliphatic hydroxyl groups excluding tert-OH is 1. The van der Waals surface area contributed by atoms with E-state index in [2.05, 4.69) is 78.9 Å². The Labute approximate surface area is 476 Å². The lowest BCUT2D eigenvalue weighted by Gasteiger charge is -2.30. The summed E-state index contributed by atoms with van der Waals surface area (Å²) >= 11 is 0. The minimum Gasteiger partial charge on any atom is -0.486 e. The van der Waals surface area contributed by atoms with Gasteiger partial charge >= 0.3 is 6.01 Å². The van der Waals surface area contributed by atoms with Crippen LogP contribution in [-0.2, 0) is 20.9 Å². The number of carbonyl (C=O) groups excluding carboxylic acids is 2. The van der Waals surface area contributed by atoms with Crippen molar-refractivity contribution in [2.24, 2.45) is 5.92 Å². The van der Waals surface area contributed by atoms with Gasteiger partial charge in [-0.05, 0) is 99.6 Å². The molecule has 8 heterocycles. The van der Waals surface area contributed by atoms with Gasteiger partial charge in [-0.2, -0.15) is 15.1 Å². The van der Waals surface area contributed by atoms with Gasteiger partial charge in [0.1, 0.15) is 41.6 Å². The maximum Gasteiger partial charge on any atom is 0.319 e. The number of nitrogens with one attached hydrogen (secondary N) is 3. The number of hydrogen-bond acceptors (Lipinski definition) is 15. The van der Waals surface area contributed by atoms with Crippen molar-refractivity contribution in [2.45, 2.75) is 128 Å². The first-order valence-corrected chi connectivity index (χ1v) is 28.8. The summed E-state index contributed by atoms with van der Waals surface area (Å²) in [6, 6.07) is 18.4. The number of amides is 2. The van der Waals surface area contributed by atoms with Gasteiger partial charge in [0.05, 0.1) is 55.0 Å². The van der Waals surface area contributed by atoms with E-state index in [-0.39, 0.29) is 49.1 Å². The maximum atomic E-state index is 14.7. The number of halogens is 1. The molecule has 0 radical (unpaired) electrons. The summed E-state index contributed by atoms with van der Waals surface area (Å²) in [4.78, 5) is 47.4. The number of fused-ring (bicyclic) bond motifs is 3. The number of allylic oxidation sites excluding steroid dienone is 2. The number of aryl methyl sites for hydroxylation is 1. The molecule has 5 atom stereocenters. The fourth-order valence-electron chi connectivity index (χ4n) is 11.7. The summed E-state index contributed by atoms with van der Waals surface area (Å²) in [6.07, 6.45) is 19.1. The molecule has 5 unspecified atom stereocenters. The van der Waals surface area contributed by atoms with Gasteiger partial charge in [-0.25, -0.2) is 9.07 Å². The van der Waals surface area contributed by atoms with Gasteiger partial charge in [0.2, 0.25) is 12.3 Å². The number of nitrogens with zero attached hydrogens (tertiary/aromatic N) is 10. The van der Waals surface area contributed by atoms with Crippen LogP contribution < -0.4 is 35.6 Å². The van der Waals surface area contributed by atoms with E-state index in [1.54, 1.807) is 30.2 Å². The van der Waals surface area contributed by atoms with Gasteiger partial charge in [-0.3, -0.25) is 24.7 Å². The molecule has 5 fully saturated rings. The number of aromatic nitrogens is 9. The molecule has 1 saturated carbocycles. The molecule has 3 aromatic carbocycles. The van der Waals surface area contributed by atoms with Crippen molar-refractivity contribution in [3.63, 3.8) is 0 Å². The Balaban J connectivity index is 0.000000315. The Morgan fingerprint density at radius 3 is 2.46 bits per heavy atom. The van der Waals surface area contributed by atoms with E-state index in [4.69, 9.17) is 24.2 Å². The number of likely N-dealkylation sites (tertiary alicyclic amines) is 1. The molecular formula is C62H72FN13O6. The molecule has 4 aliphatic heterocycles. The average Bonchev–Trinajstić information content (AvgIpc) is 3.36. The predicted octanol–water partition coefficient (Wildman–Crippen LogP) is 7.10. The predicted molar refractivity (Wildman–Crippen MR) is 310 cm³/mol. The summed E-state index contributed by atoms with van der Waals surface area (Å²) in [5.41, 5.74) is 8.75. The van der Waals surface area contributed by atoms with Crippen molar-refractivity contribution in [3.8, 4) is 34.3 Å². The molecule has 82 heavy (non-hydrogen) atoms. The number of rotatable bonds is 18. The smallest absolute Gasteiger partial charge is 0.319 e. The molecule has 12 rings (SSSR count). The number of ether oxygens (including phenoxy) is 3. The minimum absolute atomic E-state index is 0.0527. The van der Waals surface area contributed by atoms with E-state index < -0.39 is 6.04 Å². The first-order valence-electron chi connectivity index (χ1n) is 28.8. The highest BCUT2D eigenvalue weighted by Gasteiger charge is 2.41. The molecule has 20 heteroatoms. The zero-order valence-corrected chi connectivity index (χ0v) is 47.2. The quantitative estimate of drug-likeness (QED) is 0.0630.